The second-order valence-electron chi connectivity index (χ2n) is 4.12. The molecule has 0 saturated heterocycles. The number of carbonyl (C=O) groups is 1. The highest BCUT2D eigenvalue weighted by molar-refractivity contribution is 6.36. The molecule has 1 aromatic carbocycles. The summed E-state index contributed by atoms with van der Waals surface area (Å²) in [5.41, 5.74) is 1.32. The maximum absolute atomic E-state index is 11.4. The third kappa shape index (κ3) is 4.33. The number of aliphatic hydroxyl groups excluding tert-OH is 1. The van der Waals surface area contributed by atoms with Crippen LogP contribution in [0.3, 0.4) is 0 Å². The van der Waals surface area contributed by atoms with E-state index in [0.717, 1.165) is 5.57 Å². The van der Waals surface area contributed by atoms with Crippen LogP contribution in [0, 0.1) is 0 Å². The molecule has 1 aromatic rings. The summed E-state index contributed by atoms with van der Waals surface area (Å²) < 4.78 is 0. The Morgan fingerprint density at radius 2 is 1.94 bits per heavy atom. The van der Waals surface area contributed by atoms with Crippen molar-refractivity contribution in [2.75, 3.05) is 6.54 Å². The van der Waals surface area contributed by atoms with Gasteiger partial charge in [0.1, 0.15) is 0 Å². The van der Waals surface area contributed by atoms with Crippen molar-refractivity contribution in [3.05, 3.63) is 45.5 Å². The van der Waals surface area contributed by atoms with Crippen LogP contribution in [0.2, 0.25) is 10.0 Å². The zero-order valence-corrected chi connectivity index (χ0v) is 11.7. The minimum absolute atomic E-state index is 0.0616. The Hall–Kier alpha value is -1.03. The van der Waals surface area contributed by atoms with E-state index in [2.05, 4.69) is 5.32 Å². The van der Waals surface area contributed by atoms with Gasteiger partial charge in [0, 0.05) is 28.2 Å². The first-order valence-corrected chi connectivity index (χ1v) is 6.22. The van der Waals surface area contributed by atoms with Gasteiger partial charge in [-0.05, 0) is 26.0 Å². The first kappa shape index (κ1) is 15.0. The lowest BCUT2D eigenvalue weighted by Crippen LogP contribution is -2.27. The minimum Gasteiger partial charge on any atom is -0.386 e. The number of nitrogens with one attached hydrogen (secondary N) is 1. The summed E-state index contributed by atoms with van der Waals surface area (Å²) in [7, 11) is 0. The highest BCUT2D eigenvalue weighted by Gasteiger charge is 2.15. The molecule has 0 aromatic heterocycles. The second kappa shape index (κ2) is 6.78. The summed E-state index contributed by atoms with van der Waals surface area (Å²) in [5.74, 6) is -0.253. The molecule has 1 atom stereocenters. The molecule has 0 heterocycles. The van der Waals surface area contributed by atoms with Gasteiger partial charge in [-0.1, -0.05) is 34.8 Å². The van der Waals surface area contributed by atoms with Crippen molar-refractivity contribution in [1.82, 2.24) is 5.32 Å². The molecule has 0 saturated carbocycles. The van der Waals surface area contributed by atoms with E-state index in [1.807, 2.05) is 13.8 Å². The number of amides is 1. The lowest BCUT2D eigenvalue weighted by atomic mass is 10.1. The lowest BCUT2D eigenvalue weighted by Gasteiger charge is -2.14. The Morgan fingerprint density at radius 1 is 1.39 bits per heavy atom. The van der Waals surface area contributed by atoms with E-state index in [1.165, 1.54) is 6.08 Å². The van der Waals surface area contributed by atoms with Gasteiger partial charge in [-0.15, -0.1) is 0 Å². The standard InChI is InChI=1S/C13H15Cl2NO2/c1-8(2)6-12(18)16-7-11(17)13-9(14)4-3-5-10(13)15/h3-6,11,17H,7H2,1-2H3,(H,16,18). The highest BCUT2D eigenvalue weighted by atomic mass is 35.5. The van der Waals surface area contributed by atoms with E-state index in [4.69, 9.17) is 23.2 Å². The predicted octanol–water partition coefficient (Wildman–Crippen LogP) is 3.11. The number of carbonyl (C=O) groups excluding carboxylic acids is 1. The van der Waals surface area contributed by atoms with Crippen molar-refractivity contribution in [1.29, 1.82) is 0 Å². The molecule has 0 bridgehead atoms. The molecular weight excluding hydrogens is 273 g/mol. The quantitative estimate of drug-likeness (QED) is 0.836. The van der Waals surface area contributed by atoms with Gasteiger partial charge in [0.2, 0.25) is 5.91 Å². The van der Waals surface area contributed by atoms with Crippen LogP contribution in [0.1, 0.15) is 25.5 Å². The Bertz CT molecular complexity index is 448. The van der Waals surface area contributed by atoms with Gasteiger partial charge in [-0.25, -0.2) is 0 Å². The number of allylic oxidation sites excluding steroid dienone is 1. The SMILES string of the molecule is CC(C)=CC(=O)NCC(O)c1c(Cl)cccc1Cl. The summed E-state index contributed by atoms with van der Waals surface area (Å²) in [5, 5.41) is 13.3. The Morgan fingerprint density at radius 3 is 2.44 bits per heavy atom. The lowest BCUT2D eigenvalue weighted by molar-refractivity contribution is -0.117. The molecule has 0 spiro atoms. The summed E-state index contributed by atoms with van der Waals surface area (Å²) in [6.07, 6.45) is 0.529. The van der Waals surface area contributed by atoms with Crippen LogP contribution < -0.4 is 5.32 Å². The van der Waals surface area contributed by atoms with Gasteiger partial charge in [0.25, 0.3) is 0 Å². The van der Waals surface area contributed by atoms with Gasteiger partial charge < -0.3 is 10.4 Å². The third-order valence-corrected chi connectivity index (χ3v) is 2.88. The monoisotopic (exact) mass is 287 g/mol. The Labute approximate surface area is 116 Å². The van der Waals surface area contributed by atoms with Crippen molar-refractivity contribution in [2.24, 2.45) is 0 Å². The maximum atomic E-state index is 11.4. The summed E-state index contributed by atoms with van der Waals surface area (Å²) >= 11 is 11.9. The molecule has 1 rings (SSSR count). The van der Waals surface area contributed by atoms with Crippen molar-refractivity contribution >= 4 is 29.1 Å². The van der Waals surface area contributed by atoms with Crippen LogP contribution in [0.5, 0.6) is 0 Å². The van der Waals surface area contributed by atoms with Crippen molar-refractivity contribution in [3.8, 4) is 0 Å². The summed E-state index contributed by atoms with van der Waals surface area (Å²) in [6, 6.07) is 4.98. The van der Waals surface area contributed by atoms with E-state index in [9.17, 15) is 9.90 Å². The molecule has 1 unspecified atom stereocenters. The third-order valence-electron chi connectivity index (χ3n) is 2.22. The first-order valence-electron chi connectivity index (χ1n) is 5.46. The van der Waals surface area contributed by atoms with Gasteiger partial charge in [-0.3, -0.25) is 4.79 Å². The van der Waals surface area contributed by atoms with E-state index in [0.29, 0.717) is 15.6 Å². The molecule has 0 fully saturated rings. The van der Waals surface area contributed by atoms with Crippen LogP contribution in [-0.4, -0.2) is 17.6 Å². The van der Waals surface area contributed by atoms with Crippen LogP contribution in [0.15, 0.2) is 29.8 Å². The molecular formula is C13H15Cl2NO2. The van der Waals surface area contributed by atoms with E-state index < -0.39 is 6.10 Å². The van der Waals surface area contributed by atoms with E-state index in [1.54, 1.807) is 18.2 Å². The molecule has 3 nitrogen and oxygen atoms in total. The Kier molecular flexibility index (Phi) is 5.66. The molecule has 0 aliphatic rings. The molecule has 0 radical (unpaired) electrons. The number of hydrogen-bond acceptors (Lipinski definition) is 2. The van der Waals surface area contributed by atoms with Crippen LogP contribution in [0.4, 0.5) is 0 Å². The number of aliphatic hydroxyl groups is 1. The number of benzene rings is 1. The first-order chi connectivity index (χ1) is 8.41. The molecule has 5 heteroatoms. The van der Waals surface area contributed by atoms with Gasteiger partial charge in [0.15, 0.2) is 0 Å². The van der Waals surface area contributed by atoms with Gasteiger partial charge in [0.05, 0.1) is 6.10 Å². The van der Waals surface area contributed by atoms with Crippen LogP contribution >= 0.6 is 23.2 Å². The molecule has 0 aliphatic carbocycles. The second-order valence-corrected chi connectivity index (χ2v) is 4.93. The average Bonchev–Trinajstić information content (AvgIpc) is 2.25. The minimum atomic E-state index is -0.930. The fourth-order valence-corrected chi connectivity index (χ4v) is 2.09. The van der Waals surface area contributed by atoms with Crippen molar-refractivity contribution < 1.29 is 9.90 Å². The number of rotatable bonds is 4. The van der Waals surface area contributed by atoms with Crippen LogP contribution in [0.25, 0.3) is 0 Å². The van der Waals surface area contributed by atoms with Crippen molar-refractivity contribution in [3.63, 3.8) is 0 Å². The topological polar surface area (TPSA) is 49.3 Å². The van der Waals surface area contributed by atoms with E-state index >= 15 is 0 Å². The molecule has 98 valence electrons. The molecule has 1 amide bonds. The highest BCUT2D eigenvalue weighted by Crippen LogP contribution is 2.29. The van der Waals surface area contributed by atoms with Gasteiger partial charge >= 0.3 is 0 Å². The largest absolute Gasteiger partial charge is 0.386 e. The normalized spacial score (nSPS) is 11.8. The number of hydrogen-bond donors (Lipinski definition) is 2. The summed E-state index contributed by atoms with van der Waals surface area (Å²) in [6.45, 7) is 3.70. The zero-order valence-electron chi connectivity index (χ0n) is 10.2. The zero-order chi connectivity index (χ0) is 13.7. The summed E-state index contributed by atoms with van der Waals surface area (Å²) in [4.78, 5) is 11.4. The maximum Gasteiger partial charge on any atom is 0.244 e. The number of halogens is 2. The fourth-order valence-electron chi connectivity index (χ4n) is 1.44. The smallest absolute Gasteiger partial charge is 0.244 e. The fraction of sp³-hybridized carbons (Fsp3) is 0.308. The molecule has 18 heavy (non-hydrogen) atoms. The van der Waals surface area contributed by atoms with Gasteiger partial charge in [-0.2, -0.15) is 0 Å². The Balaban J connectivity index is 2.69. The molecule has 0 aliphatic heterocycles. The van der Waals surface area contributed by atoms with Crippen molar-refractivity contribution in [2.45, 2.75) is 20.0 Å². The molecule has 2 N–H and O–H groups in total. The van der Waals surface area contributed by atoms with Crippen LogP contribution in [-0.2, 0) is 4.79 Å². The van der Waals surface area contributed by atoms with E-state index in [-0.39, 0.29) is 12.5 Å². The predicted molar refractivity (Wildman–Crippen MR) is 73.9 cm³/mol. The average molecular weight is 288 g/mol.